The van der Waals surface area contributed by atoms with Gasteiger partial charge in [0.2, 0.25) is 0 Å². The molecule has 0 aliphatic carbocycles. The molecule has 2 rings (SSSR count). The molecule has 1 atom stereocenters. The van der Waals surface area contributed by atoms with Gasteiger partial charge in [-0.05, 0) is 43.1 Å². The van der Waals surface area contributed by atoms with Crippen molar-refractivity contribution in [2.45, 2.75) is 25.4 Å². The normalized spacial score (nSPS) is 20.4. The van der Waals surface area contributed by atoms with Crippen LogP contribution in [0.4, 0.5) is 4.39 Å². The Kier molecular flexibility index (Phi) is 3.72. The second-order valence-corrected chi connectivity index (χ2v) is 4.36. The Morgan fingerprint density at radius 2 is 2.35 bits per heavy atom. The number of rotatable bonds is 3. The lowest BCUT2D eigenvalue weighted by atomic mass is 10.1. The molecule has 17 heavy (non-hydrogen) atoms. The summed E-state index contributed by atoms with van der Waals surface area (Å²) in [4.78, 5) is 2.11. The molecule has 0 saturated carbocycles. The minimum Gasteiger partial charge on any atom is -0.395 e. The Morgan fingerprint density at radius 1 is 1.53 bits per heavy atom. The van der Waals surface area contributed by atoms with Crippen LogP contribution < -0.4 is 0 Å². The van der Waals surface area contributed by atoms with Crippen molar-refractivity contribution in [1.29, 1.82) is 5.26 Å². The Balaban J connectivity index is 2.18. The molecule has 1 aromatic rings. The van der Waals surface area contributed by atoms with Crippen LogP contribution in [0.3, 0.4) is 0 Å². The topological polar surface area (TPSA) is 47.3 Å². The zero-order chi connectivity index (χ0) is 12.3. The van der Waals surface area contributed by atoms with Crippen LogP contribution in [0.15, 0.2) is 18.2 Å². The first-order chi connectivity index (χ1) is 8.24. The molecule has 0 spiro atoms. The van der Waals surface area contributed by atoms with Crippen molar-refractivity contribution in [3.8, 4) is 6.07 Å². The monoisotopic (exact) mass is 234 g/mol. The van der Waals surface area contributed by atoms with Gasteiger partial charge in [0.15, 0.2) is 0 Å². The van der Waals surface area contributed by atoms with Crippen LogP contribution in [0.5, 0.6) is 0 Å². The molecule has 4 heteroatoms. The van der Waals surface area contributed by atoms with Crippen molar-refractivity contribution < 1.29 is 9.50 Å². The van der Waals surface area contributed by atoms with Crippen LogP contribution in [0.2, 0.25) is 0 Å². The molecule has 0 amide bonds. The first-order valence-corrected chi connectivity index (χ1v) is 5.78. The number of nitrogens with zero attached hydrogens (tertiary/aromatic N) is 2. The van der Waals surface area contributed by atoms with Gasteiger partial charge in [0, 0.05) is 12.6 Å². The third-order valence-electron chi connectivity index (χ3n) is 3.27. The first kappa shape index (κ1) is 12.0. The third-order valence-corrected chi connectivity index (χ3v) is 3.27. The van der Waals surface area contributed by atoms with E-state index in [0.717, 1.165) is 19.4 Å². The number of aliphatic hydroxyl groups excluding tert-OH is 1. The van der Waals surface area contributed by atoms with Gasteiger partial charge in [0.05, 0.1) is 18.2 Å². The van der Waals surface area contributed by atoms with Crippen molar-refractivity contribution in [2.24, 2.45) is 0 Å². The minimum atomic E-state index is -0.321. The molecule has 3 nitrogen and oxygen atoms in total. The van der Waals surface area contributed by atoms with Gasteiger partial charge in [-0.1, -0.05) is 0 Å². The lowest BCUT2D eigenvalue weighted by Gasteiger charge is -2.23. The zero-order valence-electron chi connectivity index (χ0n) is 9.56. The molecule has 1 aliphatic rings. The van der Waals surface area contributed by atoms with Gasteiger partial charge in [-0.3, -0.25) is 4.90 Å². The molecule has 90 valence electrons. The summed E-state index contributed by atoms with van der Waals surface area (Å²) in [7, 11) is 0. The molecule has 0 bridgehead atoms. The summed E-state index contributed by atoms with van der Waals surface area (Å²) in [6.45, 7) is 1.55. The summed E-state index contributed by atoms with van der Waals surface area (Å²) in [5.74, 6) is -0.321. The molecule has 1 fully saturated rings. The quantitative estimate of drug-likeness (QED) is 0.865. The summed E-state index contributed by atoms with van der Waals surface area (Å²) in [6.07, 6.45) is 2.01. The number of benzene rings is 1. The average molecular weight is 234 g/mol. The molecular formula is C13H15FN2O. The number of halogens is 1. The first-order valence-electron chi connectivity index (χ1n) is 5.78. The molecule has 0 radical (unpaired) electrons. The van der Waals surface area contributed by atoms with E-state index in [0.29, 0.717) is 17.7 Å². The van der Waals surface area contributed by atoms with Crippen molar-refractivity contribution in [3.05, 3.63) is 35.1 Å². The molecule has 1 aromatic carbocycles. The summed E-state index contributed by atoms with van der Waals surface area (Å²) >= 11 is 0. The molecule has 1 aliphatic heterocycles. The molecule has 1 heterocycles. The van der Waals surface area contributed by atoms with Crippen LogP contribution in [-0.4, -0.2) is 29.2 Å². The van der Waals surface area contributed by atoms with E-state index in [1.165, 1.54) is 18.2 Å². The number of likely N-dealkylation sites (tertiary alicyclic amines) is 1. The van der Waals surface area contributed by atoms with Crippen LogP contribution in [-0.2, 0) is 6.54 Å². The van der Waals surface area contributed by atoms with E-state index in [-0.39, 0.29) is 18.5 Å². The fourth-order valence-corrected chi connectivity index (χ4v) is 2.33. The average Bonchev–Trinajstić information content (AvgIpc) is 2.77. The van der Waals surface area contributed by atoms with Gasteiger partial charge in [-0.2, -0.15) is 5.26 Å². The van der Waals surface area contributed by atoms with Gasteiger partial charge in [-0.15, -0.1) is 0 Å². The van der Waals surface area contributed by atoms with Gasteiger partial charge < -0.3 is 5.11 Å². The van der Waals surface area contributed by atoms with E-state index < -0.39 is 0 Å². The van der Waals surface area contributed by atoms with Crippen molar-refractivity contribution in [2.75, 3.05) is 13.2 Å². The Labute approximate surface area is 100 Å². The van der Waals surface area contributed by atoms with E-state index in [1.807, 2.05) is 0 Å². The van der Waals surface area contributed by atoms with Crippen LogP contribution in [0.25, 0.3) is 0 Å². The Morgan fingerprint density at radius 3 is 3.06 bits per heavy atom. The van der Waals surface area contributed by atoms with E-state index in [4.69, 9.17) is 5.26 Å². The van der Waals surface area contributed by atoms with E-state index in [1.54, 1.807) is 0 Å². The van der Waals surface area contributed by atoms with Gasteiger partial charge in [0.25, 0.3) is 0 Å². The smallest absolute Gasteiger partial charge is 0.123 e. The Hall–Kier alpha value is -1.44. The fraction of sp³-hybridized carbons (Fsp3) is 0.462. The maximum atomic E-state index is 13.2. The lowest BCUT2D eigenvalue weighted by molar-refractivity contribution is 0.153. The zero-order valence-corrected chi connectivity index (χ0v) is 9.56. The van der Waals surface area contributed by atoms with Crippen molar-refractivity contribution in [1.82, 2.24) is 4.90 Å². The maximum absolute atomic E-state index is 13.2. The van der Waals surface area contributed by atoms with Crippen LogP contribution in [0.1, 0.15) is 24.0 Å². The standard InChI is InChI=1S/C13H15FN2O/c14-12-4-3-10(7-15)11(6-12)8-16-5-1-2-13(16)9-17/h3-4,6,13,17H,1-2,5,8-9H2. The van der Waals surface area contributed by atoms with Crippen LogP contribution >= 0.6 is 0 Å². The number of aliphatic hydroxyl groups is 1. The maximum Gasteiger partial charge on any atom is 0.123 e. The summed E-state index contributed by atoms with van der Waals surface area (Å²) in [5, 5.41) is 18.2. The largest absolute Gasteiger partial charge is 0.395 e. The van der Waals surface area contributed by atoms with Crippen LogP contribution in [0, 0.1) is 17.1 Å². The Bertz CT molecular complexity index is 442. The fourth-order valence-electron chi connectivity index (χ4n) is 2.33. The highest BCUT2D eigenvalue weighted by molar-refractivity contribution is 5.37. The highest BCUT2D eigenvalue weighted by Crippen LogP contribution is 2.21. The van der Waals surface area contributed by atoms with E-state index in [2.05, 4.69) is 11.0 Å². The highest BCUT2D eigenvalue weighted by Gasteiger charge is 2.24. The number of hydrogen-bond acceptors (Lipinski definition) is 3. The minimum absolute atomic E-state index is 0.122. The molecule has 1 saturated heterocycles. The summed E-state index contributed by atoms with van der Waals surface area (Å²) < 4.78 is 13.2. The van der Waals surface area contributed by atoms with Gasteiger partial charge in [-0.25, -0.2) is 4.39 Å². The number of hydrogen-bond donors (Lipinski definition) is 1. The highest BCUT2D eigenvalue weighted by atomic mass is 19.1. The second kappa shape index (κ2) is 5.26. The summed E-state index contributed by atoms with van der Waals surface area (Å²) in [6, 6.07) is 6.43. The molecule has 1 N–H and O–H groups in total. The van der Waals surface area contributed by atoms with Crippen molar-refractivity contribution in [3.63, 3.8) is 0 Å². The predicted octanol–water partition coefficient (Wildman–Crippen LogP) is 1.65. The lowest BCUT2D eigenvalue weighted by Crippen LogP contribution is -2.31. The number of nitriles is 1. The van der Waals surface area contributed by atoms with E-state index >= 15 is 0 Å². The van der Waals surface area contributed by atoms with Gasteiger partial charge in [0.1, 0.15) is 5.82 Å². The second-order valence-electron chi connectivity index (χ2n) is 4.36. The van der Waals surface area contributed by atoms with Gasteiger partial charge >= 0.3 is 0 Å². The molecule has 1 unspecified atom stereocenters. The van der Waals surface area contributed by atoms with E-state index in [9.17, 15) is 9.50 Å². The SMILES string of the molecule is N#Cc1ccc(F)cc1CN1CCCC1CO. The molecule has 0 aromatic heterocycles. The summed E-state index contributed by atoms with van der Waals surface area (Å²) in [5.41, 5.74) is 1.21. The van der Waals surface area contributed by atoms with Crippen molar-refractivity contribution >= 4 is 0 Å². The third kappa shape index (κ3) is 2.63. The predicted molar refractivity (Wildman–Crippen MR) is 61.6 cm³/mol. The molecular weight excluding hydrogens is 219 g/mol.